The van der Waals surface area contributed by atoms with Crippen LogP contribution in [0.3, 0.4) is 0 Å². The summed E-state index contributed by atoms with van der Waals surface area (Å²) in [7, 11) is 0. The molecule has 2 unspecified atom stereocenters. The molecule has 0 bridgehead atoms. The molecule has 100 valence electrons. The van der Waals surface area contributed by atoms with Crippen LogP contribution < -0.4 is 11.1 Å². The fourth-order valence-corrected chi connectivity index (χ4v) is 2.28. The predicted octanol–water partition coefficient (Wildman–Crippen LogP) is 0.397. The first-order chi connectivity index (χ1) is 8.70. The van der Waals surface area contributed by atoms with Gasteiger partial charge >= 0.3 is 0 Å². The largest absolute Gasteiger partial charge is 0.396 e. The molecular formula is C12H20N4O2. The van der Waals surface area contributed by atoms with Gasteiger partial charge in [0.1, 0.15) is 0 Å². The minimum Gasteiger partial charge on any atom is -0.396 e. The molecule has 3 N–H and O–H groups in total. The van der Waals surface area contributed by atoms with Crippen molar-refractivity contribution < 1.29 is 9.53 Å². The second-order valence-corrected chi connectivity index (χ2v) is 4.54. The zero-order chi connectivity index (χ0) is 13.0. The Morgan fingerprint density at radius 1 is 1.72 bits per heavy atom. The van der Waals surface area contributed by atoms with Gasteiger partial charge in [-0.2, -0.15) is 5.10 Å². The number of nitrogen functional groups attached to an aromatic ring is 1. The molecule has 1 aromatic rings. The number of rotatable bonds is 5. The van der Waals surface area contributed by atoms with E-state index in [1.165, 1.54) is 0 Å². The third-order valence-corrected chi connectivity index (χ3v) is 3.24. The molecule has 0 aliphatic carbocycles. The fourth-order valence-electron chi connectivity index (χ4n) is 2.28. The standard InChI is InChI=1S/C12H20N4O2/c1-2-11-10(3-6-18-11)12(17)14-4-5-16-8-9(13)7-15-16/h7-8,10-11H,2-6,13H2,1H3,(H,14,17). The van der Waals surface area contributed by atoms with Crippen LogP contribution in [0.4, 0.5) is 5.69 Å². The van der Waals surface area contributed by atoms with E-state index in [1.807, 2.05) is 6.92 Å². The molecule has 0 radical (unpaired) electrons. The lowest BCUT2D eigenvalue weighted by Crippen LogP contribution is -2.36. The Hall–Kier alpha value is -1.56. The van der Waals surface area contributed by atoms with Crippen LogP contribution in [0, 0.1) is 5.92 Å². The highest BCUT2D eigenvalue weighted by atomic mass is 16.5. The number of hydrogen-bond donors (Lipinski definition) is 2. The maximum atomic E-state index is 12.0. The molecule has 1 aliphatic rings. The molecule has 2 heterocycles. The average molecular weight is 252 g/mol. The van der Waals surface area contributed by atoms with Gasteiger partial charge in [0.05, 0.1) is 30.5 Å². The molecule has 0 spiro atoms. The Balaban J connectivity index is 1.74. The van der Waals surface area contributed by atoms with Gasteiger partial charge in [0.2, 0.25) is 5.91 Å². The van der Waals surface area contributed by atoms with Crippen molar-refractivity contribution >= 4 is 11.6 Å². The van der Waals surface area contributed by atoms with Crippen molar-refractivity contribution in [3.63, 3.8) is 0 Å². The summed E-state index contributed by atoms with van der Waals surface area (Å²) in [5.74, 6) is 0.0807. The fraction of sp³-hybridized carbons (Fsp3) is 0.667. The Morgan fingerprint density at radius 3 is 3.22 bits per heavy atom. The van der Waals surface area contributed by atoms with Crippen molar-refractivity contribution in [1.29, 1.82) is 0 Å². The van der Waals surface area contributed by atoms with Gasteiger partial charge in [-0.15, -0.1) is 0 Å². The van der Waals surface area contributed by atoms with Gasteiger partial charge in [0.25, 0.3) is 0 Å². The maximum absolute atomic E-state index is 12.0. The van der Waals surface area contributed by atoms with Gasteiger partial charge in [0, 0.05) is 19.3 Å². The first-order valence-electron chi connectivity index (χ1n) is 6.38. The third kappa shape index (κ3) is 3.01. The van der Waals surface area contributed by atoms with E-state index in [-0.39, 0.29) is 17.9 Å². The summed E-state index contributed by atoms with van der Waals surface area (Å²) < 4.78 is 7.23. The van der Waals surface area contributed by atoms with E-state index in [9.17, 15) is 4.79 Å². The molecule has 6 nitrogen and oxygen atoms in total. The Morgan fingerprint density at radius 2 is 2.56 bits per heavy atom. The number of nitrogens with one attached hydrogen (secondary N) is 1. The Labute approximate surface area is 106 Å². The first kappa shape index (κ1) is 12.9. The minimum absolute atomic E-state index is 0.00214. The minimum atomic E-state index is -0.00214. The second kappa shape index (κ2) is 5.86. The molecule has 0 aromatic carbocycles. The van der Waals surface area contributed by atoms with Crippen molar-refractivity contribution in [3.05, 3.63) is 12.4 Å². The van der Waals surface area contributed by atoms with Crippen LogP contribution in [0.15, 0.2) is 12.4 Å². The first-order valence-corrected chi connectivity index (χ1v) is 6.38. The SMILES string of the molecule is CCC1OCCC1C(=O)NCCn1cc(N)cn1. The highest BCUT2D eigenvalue weighted by Crippen LogP contribution is 2.23. The van der Waals surface area contributed by atoms with Gasteiger partial charge in [-0.25, -0.2) is 0 Å². The van der Waals surface area contributed by atoms with Crippen molar-refractivity contribution in [1.82, 2.24) is 15.1 Å². The summed E-state index contributed by atoms with van der Waals surface area (Å²) in [6, 6.07) is 0. The second-order valence-electron chi connectivity index (χ2n) is 4.54. The lowest BCUT2D eigenvalue weighted by molar-refractivity contribution is -0.126. The van der Waals surface area contributed by atoms with E-state index in [2.05, 4.69) is 10.4 Å². The lowest BCUT2D eigenvalue weighted by Gasteiger charge is -2.16. The summed E-state index contributed by atoms with van der Waals surface area (Å²) in [5, 5.41) is 6.98. The number of carbonyl (C=O) groups excluding carboxylic acids is 1. The predicted molar refractivity (Wildman–Crippen MR) is 67.8 cm³/mol. The average Bonchev–Trinajstić information content (AvgIpc) is 2.97. The number of nitrogens with zero attached hydrogens (tertiary/aromatic N) is 2. The molecule has 1 fully saturated rings. The smallest absolute Gasteiger partial charge is 0.225 e. The monoisotopic (exact) mass is 252 g/mol. The van der Waals surface area contributed by atoms with Crippen LogP contribution in [-0.4, -0.2) is 34.9 Å². The topological polar surface area (TPSA) is 82.2 Å². The molecule has 0 saturated carbocycles. The lowest BCUT2D eigenvalue weighted by atomic mass is 9.99. The summed E-state index contributed by atoms with van der Waals surface area (Å²) in [6.45, 7) is 3.93. The quantitative estimate of drug-likeness (QED) is 0.794. The van der Waals surface area contributed by atoms with E-state index in [1.54, 1.807) is 17.1 Å². The van der Waals surface area contributed by atoms with Gasteiger partial charge < -0.3 is 15.8 Å². The number of anilines is 1. The highest BCUT2D eigenvalue weighted by molar-refractivity contribution is 5.79. The maximum Gasteiger partial charge on any atom is 0.225 e. The van der Waals surface area contributed by atoms with Gasteiger partial charge in [-0.3, -0.25) is 9.48 Å². The number of aromatic nitrogens is 2. The van der Waals surface area contributed by atoms with Crippen LogP contribution in [0.1, 0.15) is 19.8 Å². The van der Waals surface area contributed by atoms with E-state index in [0.717, 1.165) is 12.8 Å². The van der Waals surface area contributed by atoms with Crippen LogP contribution in [-0.2, 0) is 16.1 Å². The third-order valence-electron chi connectivity index (χ3n) is 3.24. The molecule has 1 aliphatic heterocycles. The van der Waals surface area contributed by atoms with Gasteiger partial charge in [0.15, 0.2) is 0 Å². The zero-order valence-corrected chi connectivity index (χ0v) is 10.6. The number of carbonyl (C=O) groups is 1. The number of amides is 1. The summed E-state index contributed by atoms with van der Waals surface area (Å²) in [5.41, 5.74) is 6.19. The highest BCUT2D eigenvalue weighted by Gasteiger charge is 2.32. The Bertz CT molecular complexity index is 405. The molecule has 1 amide bonds. The summed E-state index contributed by atoms with van der Waals surface area (Å²) >= 11 is 0. The Kier molecular flexibility index (Phi) is 4.19. The summed E-state index contributed by atoms with van der Waals surface area (Å²) in [4.78, 5) is 12.0. The van der Waals surface area contributed by atoms with Crippen LogP contribution >= 0.6 is 0 Å². The van der Waals surface area contributed by atoms with Crippen molar-refractivity contribution in [2.45, 2.75) is 32.4 Å². The zero-order valence-electron chi connectivity index (χ0n) is 10.6. The van der Waals surface area contributed by atoms with E-state index >= 15 is 0 Å². The molecule has 2 rings (SSSR count). The number of ether oxygens (including phenoxy) is 1. The molecule has 6 heteroatoms. The molecular weight excluding hydrogens is 232 g/mol. The van der Waals surface area contributed by atoms with Crippen molar-refractivity contribution in [2.24, 2.45) is 5.92 Å². The van der Waals surface area contributed by atoms with E-state index in [4.69, 9.17) is 10.5 Å². The van der Waals surface area contributed by atoms with Crippen molar-refractivity contribution in [3.8, 4) is 0 Å². The van der Waals surface area contributed by atoms with Crippen LogP contribution in [0.5, 0.6) is 0 Å². The molecule has 1 aromatic heterocycles. The van der Waals surface area contributed by atoms with Crippen LogP contribution in [0.2, 0.25) is 0 Å². The molecule has 2 atom stereocenters. The molecule has 18 heavy (non-hydrogen) atoms. The number of nitrogens with two attached hydrogens (primary N) is 1. The number of hydrogen-bond acceptors (Lipinski definition) is 4. The van der Waals surface area contributed by atoms with Crippen LogP contribution in [0.25, 0.3) is 0 Å². The molecule has 1 saturated heterocycles. The van der Waals surface area contributed by atoms with Gasteiger partial charge in [-0.1, -0.05) is 6.92 Å². The van der Waals surface area contributed by atoms with E-state index < -0.39 is 0 Å². The van der Waals surface area contributed by atoms with E-state index in [0.29, 0.717) is 25.4 Å². The van der Waals surface area contributed by atoms with Crippen molar-refractivity contribution in [2.75, 3.05) is 18.9 Å². The van der Waals surface area contributed by atoms with Gasteiger partial charge in [-0.05, 0) is 12.8 Å². The normalized spacial score (nSPS) is 23.2. The summed E-state index contributed by atoms with van der Waals surface area (Å²) in [6.07, 6.45) is 5.12.